The first-order valence-corrected chi connectivity index (χ1v) is 26.3. The van der Waals surface area contributed by atoms with E-state index >= 15 is 4.39 Å². The number of nitrogens with one attached hydrogen (secondary N) is 3. The number of H-pyrrole nitrogens is 1. The van der Waals surface area contributed by atoms with E-state index in [2.05, 4.69) is 72.9 Å². The highest BCUT2D eigenvalue weighted by Gasteiger charge is 2.49. The fraction of sp³-hybridized carbons (Fsp3) is 0.519. The SMILES string of the molecule is CO[C@@H](C)COc1nc2[nH]cc(F)c2cc1Oc1cc(N2CCC3(CC2)CN([C@H]2CCC[C@H]2c2ccccc2C(C)C)C3)ccc1C(=O)NS(=O)(=O)c1cnc(NC[C@H]2CC[C@](C)(O)CC2)c([N+](=O)[O-])c1. The number of benzene rings is 2. The molecule has 9 rings (SSSR count). The molecular weight excluding hydrogens is 932 g/mol. The van der Waals surface area contributed by atoms with Crippen molar-refractivity contribution in [3.63, 3.8) is 0 Å². The molecule has 4 fully saturated rings. The Bertz CT molecular complexity index is 2870. The summed E-state index contributed by atoms with van der Waals surface area (Å²) in [6.07, 6.45) is 9.92. The van der Waals surface area contributed by atoms with E-state index in [0.29, 0.717) is 50.1 Å². The molecular formula is C52H65FN8O9S. The lowest BCUT2D eigenvalue weighted by molar-refractivity contribution is -0.384. The van der Waals surface area contributed by atoms with Gasteiger partial charge in [0.2, 0.25) is 5.82 Å². The van der Waals surface area contributed by atoms with Crippen molar-refractivity contribution in [2.75, 3.05) is 56.7 Å². The fourth-order valence-electron chi connectivity index (χ4n) is 11.1. The Morgan fingerprint density at radius 3 is 2.49 bits per heavy atom. The van der Waals surface area contributed by atoms with Gasteiger partial charge in [-0.2, -0.15) is 4.98 Å². The molecule has 0 radical (unpaired) electrons. The third-order valence-corrected chi connectivity index (χ3v) is 16.7. The van der Waals surface area contributed by atoms with Crippen LogP contribution >= 0.6 is 0 Å². The number of amides is 1. The summed E-state index contributed by atoms with van der Waals surface area (Å²) < 4.78 is 62.7. The van der Waals surface area contributed by atoms with E-state index in [-0.39, 0.29) is 63.8 Å². The first-order chi connectivity index (χ1) is 33.9. The van der Waals surface area contributed by atoms with Crippen LogP contribution in [0.2, 0.25) is 0 Å². The van der Waals surface area contributed by atoms with Gasteiger partial charge in [-0.3, -0.25) is 19.8 Å². The number of pyridine rings is 2. The molecule has 4 N–H and O–H groups in total. The number of hydrogen-bond donors (Lipinski definition) is 4. The summed E-state index contributed by atoms with van der Waals surface area (Å²) in [6.45, 7) is 12.1. The summed E-state index contributed by atoms with van der Waals surface area (Å²) >= 11 is 0. The first-order valence-electron chi connectivity index (χ1n) is 24.8. The van der Waals surface area contributed by atoms with Crippen LogP contribution in [0.4, 0.5) is 21.6 Å². The summed E-state index contributed by atoms with van der Waals surface area (Å²) in [5.74, 6) is -0.793. The van der Waals surface area contributed by atoms with Crippen molar-refractivity contribution in [3.8, 4) is 17.4 Å². The van der Waals surface area contributed by atoms with Gasteiger partial charge in [0.25, 0.3) is 21.8 Å². The van der Waals surface area contributed by atoms with Gasteiger partial charge in [0, 0.05) is 76.0 Å². The van der Waals surface area contributed by atoms with Crippen LogP contribution in [0.25, 0.3) is 11.0 Å². The maximum atomic E-state index is 15.0. The van der Waals surface area contributed by atoms with Crippen molar-refractivity contribution >= 4 is 44.2 Å². The predicted molar refractivity (Wildman–Crippen MR) is 268 cm³/mol. The molecule has 3 atom stereocenters. The molecule has 2 aliphatic carbocycles. The van der Waals surface area contributed by atoms with Crippen molar-refractivity contribution in [2.45, 2.75) is 120 Å². The number of rotatable bonds is 17. The van der Waals surface area contributed by atoms with Gasteiger partial charge in [-0.25, -0.2) is 22.5 Å². The van der Waals surface area contributed by atoms with E-state index in [1.807, 2.05) is 0 Å². The van der Waals surface area contributed by atoms with Gasteiger partial charge >= 0.3 is 5.69 Å². The summed E-state index contributed by atoms with van der Waals surface area (Å²) in [5.41, 5.74) is 2.54. The molecule has 1 amide bonds. The molecule has 2 saturated carbocycles. The summed E-state index contributed by atoms with van der Waals surface area (Å²) in [5, 5.41) is 25.6. The molecule has 0 bridgehead atoms. The van der Waals surface area contributed by atoms with Crippen molar-refractivity contribution in [3.05, 3.63) is 99.6 Å². The Kier molecular flexibility index (Phi) is 14.3. The number of aromatic nitrogens is 3. The van der Waals surface area contributed by atoms with Crippen LogP contribution in [-0.2, 0) is 14.8 Å². The van der Waals surface area contributed by atoms with Gasteiger partial charge in [-0.1, -0.05) is 44.5 Å². The molecule has 1 spiro atoms. The van der Waals surface area contributed by atoms with Gasteiger partial charge in [-0.05, 0) is 112 Å². The standard InChI is InChI=1S/C52H65FN8O9S/c1-32(2)37-9-6-7-10-38(37)39-11-8-12-43(39)60-30-52(31-60)19-21-59(22-20-52)35-13-14-40(45(23-35)70-46-25-41-42(53)28-56-47(41)57-50(46)69-29-33(3)68-5)49(62)58-71(66,67)36-24-44(61(64)65)48(55-27-36)54-26-34-15-17-51(4,63)18-16-34/h6-7,9-10,13-14,23-25,27-28,32-34,39,43,63H,8,11-12,15-22,26,29-31H2,1-5H3,(H,54,55)(H,56,57)(H,58,62)/t33-,34-,39-,43-,51-/m0/s1. The van der Waals surface area contributed by atoms with Crippen LogP contribution in [0.15, 0.2) is 71.9 Å². The number of likely N-dealkylation sites (tertiary alicyclic amines) is 1. The average molecular weight is 997 g/mol. The van der Waals surface area contributed by atoms with E-state index < -0.39 is 42.9 Å². The third kappa shape index (κ3) is 10.8. The first kappa shape index (κ1) is 50.1. The fourth-order valence-corrected chi connectivity index (χ4v) is 12.0. The summed E-state index contributed by atoms with van der Waals surface area (Å²) in [6, 6.07) is 16.6. The van der Waals surface area contributed by atoms with E-state index in [0.717, 1.165) is 63.2 Å². The predicted octanol–water partition coefficient (Wildman–Crippen LogP) is 9.04. The van der Waals surface area contributed by atoms with E-state index in [1.54, 1.807) is 26.0 Å². The molecule has 2 saturated heterocycles. The minimum absolute atomic E-state index is 0.0262. The van der Waals surface area contributed by atoms with E-state index in [9.17, 15) is 28.4 Å². The van der Waals surface area contributed by atoms with Crippen LogP contribution in [-0.4, -0.2) is 108 Å². The van der Waals surface area contributed by atoms with E-state index in [1.165, 1.54) is 49.6 Å². The Balaban J connectivity index is 0.951. The number of nitro groups is 1. The molecule has 5 heterocycles. The number of methoxy groups -OCH3 is 1. The van der Waals surface area contributed by atoms with E-state index in [4.69, 9.17) is 14.2 Å². The van der Waals surface area contributed by atoms with Crippen molar-refractivity contribution in [1.29, 1.82) is 0 Å². The van der Waals surface area contributed by atoms with Crippen LogP contribution < -0.4 is 24.4 Å². The molecule has 17 nitrogen and oxygen atoms in total. The number of hydrogen-bond acceptors (Lipinski definition) is 14. The molecule has 19 heteroatoms. The number of ether oxygens (including phenoxy) is 3. The second-order valence-corrected chi connectivity index (χ2v) is 22.5. The topological polar surface area (TPSA) is 214 Å². The lowest BCUT2D eigenvalue weighted by Crippen LogP contribution is -2.63. The van der Waals surface area contributed by atoms with Crippen LogP contribution in [0.3, 0.4) is 0 Å². The Labute approximate surface area is 414 Å². The Hall–Kier alpha value is -5.89. The minimum atomic E-state index is -4.75. The number of piperidine rings is 1. The molecule has 4 aliphatic rings. The zero-order chi connectivity index (χ0) is 50.2. The lowest BCUT2D eigenvalue weighted by atomic mass is 9.70. The number of aliphatic hydroxyl groups is 1. The number of halogens is 1. The maximum absolute atomic E-state index is 15.0. The monoisotopic (exact) mass is 996 g/mol. The summed E-state index contributed by atoms with van der Waals surface area (Å²) in [4.78, 5) is 41.4. The zero-order valence-corrected chi connectivity index (χ0v) is 41.9. The number of carbonyl (C=O) groups is 1. The maximum Gasteiger partial charge on any atom is 0.312 e. The quantitative estimate of drug-likeness (QED) is 0.0506. The number of anilines is 2. The highest BCUT2D eigenvalue weighted by Crippen LogP contribution is 2.49. The average Bonchev–Trinajstić information content (AvgIpc) is 3.97. The molecule has 3 aromatic heterocycles. The van der Waals surface area contributed by atoms with Crippen molar-refractivity contribution < 1.29 is 41.8 Å². The molecule has 2 aliphatic heterocycles. The van der Waals surface area contributed by atoms with Gasteiger partial charge < -0.3 is 34.5 Å². The normalized spacial score (nSPS) is 22.9. The number of aromatic amines is 1. The Morgan fingerprint density at radius 2 is 1.77 bits per heavy atom. The zero-order valence-electron chi connectivity index (χ0n) is 41.1. The number of fused-ring (bicyclic) bond motifs is 1. The Morgan fingerprint density at radius 1 is 1.03 bits per heavy atom. The summed E-state index contributed by atoms with van der Waals surface area (Å²) in [7, 11) is -3.22. The minimum Gasteiger partial charge on any atom is -0.472 e. The van der Waals surface area contributed by atoms with Gasteiger partial charge in [0.05, 0.1) is 33.8 Å². The molecule has 5 aromatic rings. The third-order valence-electron chi connectivity index (χ3n) is 15.4. The van der Waals surface area contributed by atoms with Crippen molar-refractivity contribution in [2.24, 2.45) is 11.3 Å². The largest absolute Gasteiger partial charge is 0.472 e. The smallest absolute Gasteiger partial charge is 0.312 e. The highest BCUT2D eigenvalue weighted by molar-refractivity contribution is 7.90. The second-order valence-electron chi connectivity index (χ2n) is 20.8. The van der Waals surface area contributed by atoms with Crippen LogP contribution in [0.1, 0.15) is 119 Å². The molecule has 380 valence electrons. The van der Waals surface area contributed by atoms with Crippen LogP contribution in [0.5, 0.6) is 17.4 Å². The highest BCUT2D eigenvalue weighted by atomic mass is 32.2. The van der Waals surface area contributed by atoms with Gasteiger partial charge in [0.1, 0.15) is 28.7 Å². The van der Waals surface area contributed by atoms with Gasteiger partial charge in [0.15, 0.2) is 5.75 Å². The molecule has 0 unspecified atom stereocenters. The van der Waals surface area contributed by atoms with Gasteiger partial charge in [-0.15, -0.1) is 0 Å². The van der Waals surface area contributed by atoms with Crippen molar-refractivity contribution in [1.82, 2.24) is 24.6 Å². The van der Waals surface area contributed by atoms with Crippen LogP contribution in [0, 0.1) is 27.3 Å². The number of carbonyl (C=O) groups excluding carboxylic acids is 1. The molecule has 2 aromatic carbocycles. The molecule has 71 heavy (non-hydrogen) atoms. The number of sulfonamides is 1. The second kappa shape index (κ2) is 20.3. The lowest BCUT2D eigenvalue weighted by Gasteiger charge is -2.57. The number of nitrogens with zero attached hydrogens (tertiary/aromatic N) is 5.